The highest BCUT2D eigenvalue weighted by molar-refractivity contribution is 5.15. The normalized spacial score (nSPS) is 19.8. The molecule has 0 bridgehead atoms. The Morgan fingerprint density at radius 2 is 1.89 bits per heavy atom. The maximum absolute atomic E-state index is 4.53. The summed E-state index contributed by atoms with van der Waals surface area (Å²) in [6.45, 7) is 26.3. The van der Waals surface area contributed by atoms with E-state index in [2.05, 4.69) is 63.0 Å². The summed E-state index contributed by atoms with van der Waals surface area (Å²) >= 11 is 0. The van der Waals surface area contributed by atoms with Gasteiger partial charge in [-0.05, 0) is 57.2 Å². The first-order valence-corrected chi connectivity index (χ1v) is 11.2. The van der Waals surface area contributed by atoms with Crippen molar-refractivity contribution >= 4 is 0 Å². The fourth-order valence-corrected chi connectivity index (χ4v) is 4.39. The monoisotopic (exact) mass is 375 g/mol. The van der Waals surface area contributed by atoms with E-state index in [4.69, 9.17) is 0 Å². The second-order valence-corrected chi connectivity index (χ2v) is 8.08. The van der Waals surface area contributed by atoms with Gasteiger partial charge in [0.15, 0.2) is 0 Å². The van der Waals surface area contributed by atoms with Crippen LogP contribution in [0.25, 0.3) is 0 Å². The third-order valence-electron chi connectivity index (χ3n) is 6.21. The van der Waals surface area contributed by atoms with Gasteiger partial charge in [0.05, 0.1) is 6.04 Å². The molecule has 1 saturated heterocycles. The number of likely N-dealkylation sites (tertiary alicyclic amines) is 1. The molecular formula is C24H45N3. The van der Waals surface area contributed by atoms with E-state index in [1.54, 1.807) is 0 Å². The van der Waals surface area contributed by atoms with Crippen molar-refractivity contribution in [3.8, 4) is 0 Å². The number of nitrogens with zero attached hydrogens (tertiary/aromatic N) is 1. The van der Waals surface area contributed by atoms with Gasteiger partial charge in [0.25, 0.3) is 0 Å². The minimum absolute atomic E-state index is 0.303. The molecule has 1 aliphatic heterocycles. The molecule has 0 spiro atoms. The number of rotatable bonds is 15. The van der Waals surface area contributed by atoms with Crippen LogP contribution in [-0.4, -0.2) is 43.2 Å². The van der Waals surface area contributed by atoms with Crippen molar-refractivity contribution in [2.24, 2.45) is 11.8 Å². The summed E-state index contributed by atoms with van der Waals surface area (Å²) in [5.41, 5.74) is 2.46. The molecule has 3 atom stereocenters. The highest BCUT2D eigenvalue weighted by Gasteiger charge is 2.34. The lowest BCUT2D eigenvalue weighted by Gasteiger charge is -2.37. The molecule has 1 heterocycles. The maximum Gasteiger partial charge on any atom is 0.0517 e. The van der Waals surface area contributed by atoms with Crippen LogP contribution in [0.2, 0.25) is 0 Å². The van der Waals surface area contributed by atoms with Gasteiger partial charge in [0.1, 0.15) is 0 Å². The van der Waals surface area contributed by atoms with Crippen molar-refractivity contribution in [1.29, 1.82) is 0 Å². The Balaban J connectivity index is 2.87. The Morgan fingerprint density at radius 3 is 2.44 bits per heavy atom. The zero-order valence-electron chi connectivity index (χ0n) is 18.5. The van der Waals surface area contributed by atoms with Gasteiger partial charge in [-0.2, -0.15) is 0 Å². The largest absolute Gasteiger partial charge is 0.381 e. The smallest absolute Gasteiger partial charge is 0.0517 e. The molecule has 2 N–H and O–H groups in total. The Bertz CT molecular complexity index is 453. The van der Waals surface area contributed by atoms with Crippen molar-refractivity contribution < 1.29 is 0 Å². The average molecular weight is 376 g/mol. The molecule has 0 aliphatic carbocycles. The van der Waals surface area contributed by atoms with E-state index in [-0.39, 0.29) is 0 Å². The zero-order valence-corrected chi connectivity index (χ0v) is 18.5. The molecule has 27 heavy (non-hydrogen) atoms. The molecule has 3 heteroatoms. The molecule has 3 nitrogen and oxygen atoms in total. The topological polar surface area (TPSA) is 27.3 Å². The molecule has 1 aliphatic rings. The van der Waals surface area contributed by atoms with Gasteiger partial charge in [-0.15, -0.1) is 6.58 Å². The van der Waals surface area contributed by atoms with Crippen molar-refractivity contribution in [2.75, 3.05) is 26.2 Å². The average Bonchev–Trinajstić information content (AvgIpc) is 3.14. The number of allylic oxidation sites excluding steroid dienone is 1. The summed E-state index contributed by atoms with van der Waals surface area (Å²) in [7, 11) is 0. The standard InChI is InChI=1S/C24H45N3/c1-8-13-14-23(19(6)9-2)26-20(7)24(22(10-3)11-4)27-16-15-21(18-27)17-25-12-5/h8,21-26H,1,6-7,9-18H2,2-5H3. The molecule has 0 radical (unpaired) electrons. The zero-order chi connectivity index (χ0) is 20.2. The summed E-state index contributed by atoms with van der Waals surface area (Å²) in [6, 6.07) is 0.722. The van der Waals surface area contributed by atoms with Gasteiger partial charge >= 0.3 is 0 Å². The van der Waals surface area contributed by atoms with Gasteiger partial charge in [-0.3, -0.25) is 4.90 Å². The second kappa shape index (κ2) is 13.2. The minimum atomic E-state index is 0.303. The predicted molar refractivity (Wildman–Crippen MR) is 121 cm³/mol. The lowest BCUT2D eigenvalue weighted by atomic mass is 9.90. The third-order valence-corrected chi connectivity index (χ3v) is 6.21. The van der Waals surface area contributed by atoms with Crippen molar-refractivity contribution in [2.45, 2.75) is 78.3 Å². The van der Waals surface area contributed by atoms with Crippen LogP contribution in [0.4, 0.5) is 0 Å². The summed E-state index contributed by atoms with van der Waals surface area (Å²) in [5.74, 6) is 1.41. The molecular weight excluding hydrogens is 330 g/mol. The fourth-order valence-electron chi connectivity index (χ4n) is 4.39. The van der Waals surface area contributed by atoms with Crippen LogP contribution in [0.3, 0.4) is 0 Å². The van der Waals surface area contributed by atoms with Crippen LogP contribution >= 0.6 is 0 Å². The SMILES string of the molecule is C=CCCC(NC(=C)C(C(CC)CC)N1CCC(CNCC)C1)C(=C)CC. The summed E-state index contributed by atoms with van der Waals surface area (Å²) in [5, 5.41) is 7.32. The molecule has 0 amide bonds. The van der Waals surface area contributed by atoms with Crippen LogP contribution in [-0.2, 0) is 0 Å². The Morgan fingerprint density at radius 1 is 1.19 bits per heavy atom. The fraction of sp³-hybridized carbons (Fsp3) is 0.750. The van der Waals surface area contributed by atoms with Crippen LogP contribution in [0, 0.1) is 11.8 Å². The number of hydrogen-bond acceptors (Lipinski definition) is 3. The quantitative estimate of drug-likeness (QED) is 0.389. The first-order chi connectivity index (χ1) is 13.0. The van der Waals surface area contributed by atoms with E-state index in [0.717, 1.165) is 38.3 Å². The van der Waals surface area contributed by atoms with Crippen molar-refractivity contribution in [3.63, 3.8) is 0 Å². The molecule has 3 unspecified atom stereocenters. The van der Waals surface area contributed by atoms with Crippen molar-refractivity contribution in [1.82, 2.24) is 15.5 Å². The third kappa shape index (κ3) is 7.46. The first kappa shape index (κ1) is 24.0. The molecule has 0 saturated carbocycles. The highest BCUT2D eigenvalue weighted by atomic mass is 15.2. The van der Waals surface area contributed by atoms with Crippen molar-refractivity contribution in [3.05, 3.63) is 37.1 Å². The van der Waals surface area contributed by atoms with E-state index in [1.165, 1.54) is 43.6 Å². The lowest BCUT2D eigenvalue weighted by Crippen LogP contribution is -2.46. The highest BCUT2D eigenvalue weighted by Crippen LogP contribution is 2.29. The Kier molecular flexibility index (Phi) is 11.7. The molecule has 0 aromatic rings. The van der Waals surface area contributed by atoms with Gasteiger partial charge in [0, 0.05) is 18.3 Å². The van der Waals surface area contributed by atoms with Crippen LogP contribution in [0.1, 0.15) is 66.2 Å². The molecule has 1 rings (SSSR count). The molecule has 156 valence electrons. The van der Waals surface area contributed by atoms with Gasteiger partial charge < -0.3 is 10.6 Å². The Hall–Kier alpha value is -1.06. The van der Waals surface area contributed by atoms with Crippen LogP contribution in [0.15, 0.2) is 37.1 Å². The predicted octanol–water partition coefficient (Wildman–Crippen LogP) is 5.13. The molecule has 0 aromatic heterocycles. The Labute approximate surface area is 169 Å². The van der Waals surface area contributed by atoms with Gasteiger partial charge in [-0.1, -0.05) is 65.3 Å². The summed E-state index contributed by atoms with van der Waals surface area (Å²) in [6.07, 6.45) is 8.75. The van der Waals surface area contributed by atoms with Crippen LogP contribution < -0.4 is 10.6 Å². The van der Waals surface area contributed by atoms with E-state index in [0.29, 0.717) is 18.0 Å². The maximum atomic E-state index is 4.53. The molecule has 1 fully saturated rings. The van der Waals surface area contributed by atoms with E-state index >= 15 is 0 Å². The van der Waals surface area contributed by atoms with E-state index in [1.807, 2.05) is 6.08 Å². The van der Waals surface area contributed by atoms with Gasteiger partial charge in [0.2, 0.25) is 0 Å². The van der Waals surface area contributed by atoms with E-state index in [9.17, 15) is 0 Å². The summed E-state index contributed by atoms with van der Waals surface area (Å²) < 4.78 is 0. The van der Waals surface area contributed by atoms with E-state index < -0.39 is 0 Å². The first-order valence-electron chi connectivity index (χ1n) is 11.2. The minimum Gasteiger partial charge on any atom is -0.381 e. The van der Waals surface area contributed by atoms with Crippen LogP contribution in [0.5, 0.6) is 0 Å². The molecule has 0 aromatic carbocycles. The second-order valence-electron chi connectivity index (χ2n) is 8.08. The number of nitrogens with one attached hydrogen (secondary N) is 2. The number of hydrogen-bond donors (Lipinski definition) is 2. The van der Waals surface area contributed by atoms with Gasteiger partial charge in [-0.25, -0.2) is 0 Å². The lowest BCUT2D eigenvalue weighted by molar-refractivity contribution is 0.180. The summed E-state index contributed by atoms with van der Waals surface area (Å²) in [4.78, 5) is 2.69.